The van der Waals surface area contributed by atoms with Crippen molar-refractivity contribution in [3.05, 3.63) is 36.0 Å². The Kier molecular flexibility index (Phi) is 3.28. The first kappa shape index (κ1) is 12.9. The molecule has 0 radical (unpaired) electrons. The summed E-state index contributed by atoms with van der Waals surface area (Å²) >= 11 is 0. The number of likely N-dealkylation sites (N-methyl/N-ethyl adjacent to an activating group) is 1. The molecule has 0 aliphatic carbocycles. The van der Waals surface area contributed by atoms with Crippen LogP contribution in [0.4, 0.5) is 5.82 Å². The first-order valence-corrected chi connectivity index (χ1v) is 6.71. The van der Waals surface area contributed by atoms with Crippen molar-refractivity contribution in [1.82, 2.24) is 9.88 Å². The zero-order chi connectivity index (χ0) is 14.1. The van der Waals surface area contributed by atoms with Crippen molar-refractivity contribution in [2.75, 3.05) is 38.1 Å². The average Bonchev–Trinajstić information content (AvgIpc) is 2.47. The minimum absolute atomic E-state index is 0.262. The third kappa shape index (κ3) is 2.20. The number of pyridine rings is 1. The van der Waals surface area contributed by atoms with Crippen LogP contribution < -0.4 is 4.90 Å². The number of carboxylic acid groups (broad SMARTS) is 1. The lowest BCUT2D eigenvalue weighted by Crippen LogP contribution is -2.44. The molecule has 0 amide bonds. The highest BCUT2D eigenvalue weighted by molar-refractivity contribution is 6.06. The van der Waals surface area contributed by atoms with Crippen LogP contribution in [0.15, 0.2) is 30.5 Å². The van der Waals surface area contributed by atoms with E-state index in [1.54, 1.807) is 0 Å². The number of hydrogen-bond acceptors (Lipinski definition) is 4. The van der Waals surface area contributed by atoms with Gasteiger partial charge in [-0.2, -0.15) is 0 Å². The summed E-state index contributed by atoms with van der Waals surface area (Å²) in [5.41, 5.74) is 0.262. The molecule has 0 atom stereocenters. The number of nitrogens with zero attached hydrogens (tertiary/aromatic N) is 3. The van der Waals surface area contributed by atoms with Crippen molar-refractivity contribution in [3.63, 3.8) is 0 Å². The Morgan fingerprint density at radius 1 is 1.15 bits per heavy atom. The number of carboxylic acids is 1. The molecule has 1 fully saturated rings. The summed E-state index contributed by atoms with van der Waals surface area (Å²) in [6.45, 7) is 3.83. The first-order chi connectivity index (χ1) is 9.66. The van der Waals surface area contributed by atoms with Gasteiger partial charge >= 0.3 is 5.97 Å². The van der Waals surface area contributed by atoms with E-state index < -0.39 is 5.97 Å². The number of carbonyl (C=O) groups is 1. The van der Waals surface area contributed by atoms with E-state index in [9.17, 15) is 9.90 Å². The molecule has 1 aromatic heterocycles. The second-order valence-electron chi connectivity index (χ2n) is 5.14. The van der Waals surface area contributed by atoms with E-state index in [0.29, 0.717) is 0 Å². The van der Waals surface area contributed by atoms with Gasteiger partial charge in [0.25, 0.3) is 0 Å². The zero-order valence-corrected chi connectivity index (χ0v) is 11.4. The number of anilines is 1. The molecule has 0 bridgehead atoms. The van der Waals surface area contributed by atoms with Gasteiger partial charge in [-0.3, -0.25) is 0 Å². The average molecular weight is 271 g/mol. The molecule has 0 saturated carbocycles. The van der Waals surface area contributed by atoms with Crippen LogP contribution in [-0.2, 0) is 0 Å². The van der Waals surface area contributed by atoms with Gasteiger partial charge in [-0.25, -0.2) is 9.78 Å². The van der Waals surface area contributed by atoms with Crippen LogP contribution in [0.3, 0.4) is 0 Å². The van der Waals surface area contributed by atoms with Crippen LogP contribution in [-0.4, -0.2) is 54.2 Å². The van der Waals surface area contributed by atoms with Gasteiger partial charge in [0, 0.05) is 43.1 Å². The normalized spacial score (nSPS) is 16.6. The number of hydrogen-bond donors (Lipinski definition) is 1. The maximum Gasteiger partial charge on any atom is 0.337 e. The maximum atomic E-state index is 11.3. The quantitative estimate of drug-likeness (QED) is 0.900. The van der Waals surface area contributed by atoms with Crippen LogP contribution in [0.25, 0.3) is 10.8 Å². The lowest BCUT2D eigenvalue weighted by Gasteiger charge is -2.33. The molecule has 5 nitrogen and oxygen atoms in total. The Morgan fingerprint density at radius 2 is 1.80 bits per heavy atom. The highest BCUT2D eigenvalue weighted by Gasteiger charge is 2.19. The molecular weight excluding hydrogens is 254 g/mol. The van der Waals surface area contributed by atoms with E-state index in [1.165, 1.54) is 6.20 Å². The lowest BCUT2D eigenvalue weighted by atomic mass is 10.1. The van der Waals surface area contributed by atoms with Crippen LogP contribution in [0.5, 0.6) is 0 Å². The third-order valence-corrected chi connectivity index (χ3v) is 3.81. The first-order valence-electron chi connectivity index (χ1n) is 6.71. The van der Waals surface area contributed by atoms with Gasteiger partial charge in [0.15, 0.2) is 0 Å². The second-order valence-corrected chi connectivity index (χ2v) is 5.14. The summed E-state index contributed by atoms with van der Waals surface area (Å²) < 4.78 is 0. The van der Waals surface area contributed by atoms with Gasteiger partial charge in [0.2, 0.25) is 0 Å². The van der Waals surface area contributed by atoms with Gasteiger partial charge in [-0.05, 0) is 7.05 Å². The van der Waals surface area contributed by atoms with Crippen LogP contribution in [0.2, 0.25) is 0 Å². The largest absolute Gasteiger partial charge is 0.478 e. The predicted molar refractivity (Wildman–Crippen MR) is 78.4 cm³/mol. The lowest BCUT2D eigenvalue weighted by molar-refractivity contribution is 0.0698. The second kappa shape index (κ2) is 5.09. The molecule has 1 saturated heterocycles. The standard InChI is InChI=1S/C15H17N3O2/c1-17-6-8-18(9-7-17)14-12-5-3-2-4-11(12)13(10-16-14)15(19)20/h2-5,10H,6-9H2,1H3,(H,19,20). The molecule has 2 aromatic rings. The van der Waals surface area contributed by atoms with Crippen molar-refractivity contribution in [2.24, 2.45) is 0 Å². The minimum atomic E-state index is -0.932. The van der Waals surface area contributed by atoms with Gasteiger partial charge < -0.3 is 14.9 Å². The number of rotatable bonds is 2. The topological polar surface area (TPSA) is 56.7 Å². The summed E-state index contributed by atoms with van der Waals surface area (Å²) in [6.07, 6.45) is 1.47. The highest BCUT2D eigenvalue weighted by Crippen LogP contribution is 2.27. The fraction of sp³-hybridized carbons (Fsp3) is 0.333. The molecule has 2 heterocycles. The van der Waals surface area contributed by atoms with Crippen molar-refractivity contribution in [1.29, 1.82) is 0 Å². The van der Waals surface area contributed by atoms with Crippen molar-refractivity contribution < 1.29 is 9.90 Å². The fourth-order valence-electron chi connectivity index (χ4n) is 2.62. The molecule has 5 heteroatoms. The third-order valence-electron chi connectivity index (χ3n) is 3.81. The molecule has 0 unspecified atom stereocenters. The summed E-state index contributed by atoms with van der Waals surface area (Å²) in [6, 6.07) is 7.58. The molecular formula is C15H17N3O2. The molecule has 0 spiro atoms. The SMILES string of the molecule is CN1CCN(c2ncc(C(=O)O)c3ccccc23)CC1. The number of fused-ring (bicyclic) bond motifs is 1. The van der Waals surface area contributed by atoms with E-state index >= 15 is 0 Å². The van der Waals surface area contributed by atoms with E-state index in [-0.39, 0.29) is 5.56 Å². The van der Waals surface area contributed by atoms with E-state index in [4.69, 9.17) is 0 Å². The summed E-state index contributed by atoms with van der Waals surface area (Å²) in [7, 11) is 2.11. The molecule has 1 aliphatic heterocycles. The van der Waals surface area contributed by atoms with Crippen molar-refractivity contribution >= 4 is 22.6 Å². The van der Waals surface area contributed by atoms with Crippen LogP contribution >= 0.6 is 0 Å². The zero-order valence-electron chi connectivity index (χ0n) is 11.4. The molecule has 1 N–H and O–H groups in total. The number of aromatic nitrogens is 1. The summed E-state index contributed by atoms with van der Waals surface area (Å²) in [4.78, 5) is 20.2. The van der Waals surface area contributed by atoms with E-state index in [0.717, 1.165) is 42.8 Å². The summed E-state index contributed by atoms with van der Waals surface area (Å²) in [5, 5.41) is 10.9. The Morgan fingerprint density at radius 3 is 2.45 bits per heavy atom. The van der Waals surface area contributed by atoms with Gasteiger partial charge in [0.05, 0.1) is 5.56 Å². The fourth-order valence-corrected chi connectivity index (χ4v) is 2.62. The maximum absolute atomic E-state index is 11.3. The van der Waals surface area contributed by atoms with Gasteiger partial charge in [0.1, 0.15) is 5.82 Å². The number of piperazine rings is 1. The Bertz CT molecular complexity index is 649. The summed E-state index contributed by atoms with van der Waals surface area (Å²) in [5.74, 6) is -0.0441. The Labute approximate surface area is 117 Å². The molecule has 1 aliphatic rings. The predicted octanol–water partition coefficient (Wildman–Crippen LogP) is 1.68. The highest BCUT2D eigenvalue weighted by atomic mass is 16.4. The monoisotopic (exact) mass is 271 g/mol. The van der Waals surface area contributed by atoms with Gasteiger partial charge in [-0.1, -0.05) is 24.3 Å². The van der Waals surface area contributed by atoms with Crippen LogP contribution in [0.1, 0.15) is 10.4 Å². The minimum Gasteiger partial charge on any atom is -0.478 e. The van der Waals surface area contributed by atoms with Gasteiger partial charge in [-0.15, -0.1) is 0 Å². The number of benzene rings is 1. The van der Waals surface area contributed by atoms with E-state index in [2.05, 4.69) is 21.8 Å². The smallest absolute Gasteiger partial charge is 0.337 e. The van der Waals surface area contributed by atoms with E-state index in [1.807, 2.05) is 24.3 Å². The molecule has 1 aromatic carbocycles. The number of aromatic carboxylic acids is 1. The molecule has 104 valence electrons. The molecule has 3 rings (SSSR count). The van der Waals surface area contributed by atoms with Crippen molar-refractivity contribution in [3.8, 4) is 0 Å². The van der Waals surface area contributed by atoms with Crippen molar-refractivity contribution in [2.45, 2.75) is 0 Å². The Hall–Kier alpha value is -2.14. The Balaban J connectivity index is 2.08. The van der Waals surface area contributed by atoms with Crippen LogP contribution in [0, 0.1) is 0 Å². The molecule has 20 heavy (non-hydrogen) atoms.